The summed E-state index contributed by atoms with van der Waals surface area (Å²) in [7, 11) is 0. The lowest BCUT2D eigenvalue weighted by Gasteiger charge is -2.34. The first kappa shape index (κ1) is 20.5. The number of nitrogens with one attached hydrogen (secondary N) is 1. The number of hydrogen-bond donors (Lipinski definition) is 1. The summed E-state index contributed by atoms with van der Waals surface area (Å²) in [5.74, 6) is 0.723. The molecule has 3 atom stereocenters. The number of carbonyl (C=O) groups is 1. The second kappa shape index (κ2) is 7.93. The van der Waals surface area contributed by atoms with Gasteiger partial charge in [-0.25, -0.2) is 4.98 Å². The third-order valence-electron chi connectivity index (χ3n) is 6.32. The Morgan fingerprint density at radius 1 is 1.03 bits per heavy atom. The van der Waals surface area contributed by atoms with Gasteiger partial charge in [-0.1, -0.05) is 18.2 Å². The molecule has 1 aliphatic heterocycles. The lowest BCUT2D eigenvalue weighted by atomic mass is 9.98. The highest BCUT2D eigenvalue weighted by Crippen LogP contribution is 2.40. The van der Waals surface area contributed by atoms with Crippen LogP contribution < -0.4 is 5.32 Å². The standard InChI is InChI=1S/C24H21F3N4O/c25-24(26,27)17-5-6-22(29-13-17)30-20-11-15-12-21(20)31(14-15)23(32)19-4-2-1-3-18(19)16-7-9-28-10-8-16/h1-10,13,15,20-21H,11-12,14H2,(H,29,30)/t15-,20-,21+/m1/s1. The first-order chi connectivity index (χ1) is 15.4. The minimum absolute atomic E-state index is 0.0258. The van der Waals surface area contributed by atoms with Crippen LogP contribution in [-0.4, -0.2) is 39.4 Å². The number of aromatic nitrogens is 2. The van der Waals surface area contributed by atoms with Gasteiger partial charge in [0.25, 0.3) is 5.91 Å². The molecule has 1 aromatic carbocycles. The van der Waals surface area contributed by atoms with Crippen molar-refractivity contribution < 1.29 is 18.0 Å². The van der Waals surface area contributed by atoms with E-state index in [0.717, 1.165) is 36.2 Å². The highest BCUT2D eigenvalue weighted by molar-refractivity contribution is 6.01. The van der Waals surface area contributed by atoms with Gasteiger partial charge in [-0.2, -0.15) is 13.2 Å². The maximum absolute atomic E-state index is 13.5. The van der Waals surface area contributed by atoms with Crippen LogP contribution in [0.15, 0.2) is 67.1 Å². The Labute approximate surface area is 183 Å². The maximum atomic E-state index is 13.5. The molecule has 2 fully saturated rings. The predicted molar refractivity (Wildman–Crippen MR) is 114 cm³/mol. The second-order valence-electron chi connectivity index (χ2n) is 8.32. The van der Waals surface area contributed by atoms with Crippen LogP contribution in [0.2, 0.25) is 0 Å². The molecule has 1 amide bonds. The zero-order chi connectivity index (χ0) is 22.3. The van der Waals surface area contributed by atoms with E-state index in [1.165, 1.54) is 6.07 Å². The van der Waals surface area contributed by atoms with Crippen molar-refractivity contribution in [2.45, 2.75) is 31.1 Å². The van der Waals surface area contributed by atoms with Crippen molar-refractivity contribution in [1.29, 1.82) is 0 Å². The lowest BCUT2D eigenvalue weighted by molar-refractivity contribution is -0.137. The number of fused-ring (bicyclic) bond motifs is 2. The van der Waals surface area contributed by atoms with Crippen LogP contribution in [0.4, 0.5) is 19.0 Å². The number of pyridine rings is 2. The van der Waals surface area contributed by atoms with Crippen LogP contribution >= 0.6 is 0 Å². The van der Waals surface area contributed by atoms with E-state index in [1.54, 1.807) is 12.4 Å². The summed E-state index contributed by atoms with van der Waals surface area (Å²) in [5, 5.41) is 3.25. The van der Waals surface area contributed by atoms with Gasteiger partial charge in [-0.3, -0.25) is 9.78 Å². The number of carbonyl (C=O) groups excluding carboxylic acids is 1. The van der Waals surface area contributed by atoms with Crippen molar-refractivity contribution in [1.82, 2.24) is 14.9 Å². The number of likely N-dealkylation sites (tertiary alicyclic amines) is 1. The van der Waals surface area contributed by atoms with Crippen molar-refractivity contribution >= 4 is 11.7 Å². The summed E-state index contributed by atoms with van der Waals surface area (Å²) in [4.78, 5) is 23.4. The Hall–Kier alpha value is -3.42. The van der Waals surface area contributed by atoms with Gasteiger partial charge in [-0.05, 0) is 60.2 Å². The number of benzene rings is 1. The zero-order valence-electron chi connectivity index (χ0n) is 17.1. The Morgan fingerprint density at radius 2 is 1.81 bits per heavy atom. The van der Waals surface area contributed by atoms with Gasteiger partial charge in [0, 0.05) is 36.7 Å². The third kappa shape index (κ3) is 3.81. The van der Waals surface area contributed by atoms with E-state index in [0.29, 0.717) is 23.8 Å². The second-order valence-corrected chi connectivity index (χ2v) is 8.32. The zero-order valence-corrected chi connectivity index (χ0v) is 17.1. The molecule has 3 heterocycles. The fourth-order valence-electron chi connectivity index (χ4n) is 4.86. The topological polar surface area (TPSA) is 58.1 Å². The molecule has 2 aromatic heterocycles. The number of nitrogens with zero attached hydrogens (tertiary/aromatic N) is 3. The van der Waals surface area contributed by atoms with Gasteiger partial charge in [0.2, 0.25) is 0 Å². The summed E-state index contributed by atoms with van der Waals surface area (Å²) >= 11 is 0. The SMILES string of the molecule is O=C(c1ccccc1-c1ccncc1)N1C[C@@H]2C[C@@H](Nc3ccc(C(F)(F)F)cn3)[C@@H]1C2. The van der Waals surface area contributed by atoms with E-state index >= 15 is 0 Å². The maximum Gasteiger partial charge on any atom is 0.417 e. The molecule has 32 heavy (non-hydrogen) atoms. The Balaban J connectivity index is 1.35. The van der Waals surface area contributed by atoms with E-state index < -0.39 is 11.7 Å². The molecular formula is C24H21F3N4O. The fraction of sp³-hybridized carbons (Fsp3) is 0.292. The van der Waals surface area contributed by atoms with Gasteiger partial charge in [0.05, 0.1) is 11.6 Å². The number of rotatable bonds is 4. The van der Waals surface area contributed by atoms with Crippen molar-refractivity contribution in [3.8, 4) is 11.1 Å². The minimum Gasteiger partial charge on any atom is -0.365 e. The molecule has 3 aromatic rings. The Kier molecular flexibility index (Phi) is 5.07. The van der Waals surface area contributed by atoms with Crippen LogP contribution in [0.25, 0.3) is 11.1 Å². The number of anilines is 1. The quantitative estimate of drug-likeness (QED) is 0.631. The molecule has 8 heteroatoms. The summed E-state index contributed by atoms with van der Waals surface area (Å²) < 4.78 is 38.4. The number of hydrogen-bond acceptors (Lipinski definition) is 4. The van der Waals surface area contributed by atoms with E-state index in [2.05, 4.69) is 15.3 Å². The van der Waals surface area contributed by atoms with Gasteiger partial charge in [0.1, 0.15) is 5.82 Å². The van der Waals surface area contributed by atoms with E-state index in [4.69, 9.17) is 0 Å². The molecule has 0 radical (unpaired) electrons. The van der Waals surface area contributed by atoms with Crippen molar-refractivity contribution in [2.75, 3.05) is 11.9 Å². The molecule has 1 N–H and O–H groups in total. The van der Waals surface area contributed by atoms with Crippen LogP contribution in [0.1, 0.15) is 28.8 Å². The minimum atomic E-state index is -4.41. The van der Waals surface area contributed by atoms with Gasteiger partial charge in [-0.15, -0.1) is 0 Å². The largest absolute Gasteiger partial charge is 0.417 e. The van der Waals surface area contributed by atoms with Crippen LogP contribution in [0.5, 0.6) is 0 Å². The van der Waals surface area contributed by atoms with Crippen molar-refractivity contribution in [2.24, 2.45) is 5.92 Å². The molecule has 0 spiro atoms. The summed E-state index contributed by atoms with van der Waals surface area (Å²) in [6, 6.07) is 13.6. The van der Waals surface area contributed by atoms with Crippen molar-refractivity contribution in [3.63, 3.8) is 0 Å². The lowest BCUT2D eigenvalue weighted by Crippen LogP contribution is -2.47. The Morgan fingerprint density at radius 3 is 2.50 bits per heavy atom. The predicted octanol–water partition coefficient (Wildman–Crippen LogP) is 4.88. The van der Waals surface area contributed by atoms with E-state index in [1.807, 2.05) is 41.3 Å². The smallest absolute Gasteiger partial charge is 0.365 e. The third-order valence-corrected chi connectivity index (χ3v) is 6.32. The number of alkyl halides is 3. The normalized spacial score (nSPS) is 22.2. The van der Waals surface area contributed by atoms with Gasteiger partial charge in [0.15, 0.2) is 0 Å². The Bertz CT molecular complexity index is 1120. The van der Waals surface area contributed by atoms with Gasteiger partial charge >= 0.3 is 6.18 Å². The van der Waals surface area contributed by atoms with E-state index in [-0.39, 0.29) is 18.0 Å². The molecule has 5 nitrogen and oxygen atoms in total. The molecule has 1 saturated heterocycles. The van der Waals surface area contributed by atoms with Crippen LogP contribution in [0, 0.1) is 5.92 Å². The molecule has 2 aliphatic rings. The molecule has 0 unspecified atom stereocenters. The summed E-state index contributed by atoms with van der Waals surface area (Å²) in [5.41, 5.74) is 1.65. The monoisotopic (exact) mass is 438 g/mol. The highest BCUT2D eigenvalue weighted by atomic mass is 19.4. The molecule has 1 aliphatic carbocycles. The molecule has 164 valence electrons. The molecular weight excluding hydrogens is 417 g/mol. The number of amides is 1. The average Bonchev–Trinajstić information content (AvgIpc) is 3.40. The molecule has 2 bridgehead atoms. The number of piperidine rings is 1. The van der Waals surface area contributed by atoms with Crippen LogP contribution in [-0.2, 0) is 6.18 Å². The molecule has 5 rings (SSSR count). The summed E-state index contributed by atoms with van der Waals surface area (Å²) in [6.45, 7) is 0.687. The number of halogens is 3. The van der Waals surface area contributed by atoms with Crippen molar-refractivity contribution in [3.05, 3.63) is 78.2 Å². The van der Waals surface area contributed by atoms with Crippen LogP contribution in [0.3, 0.4) is 0 Å². The first-order valence-corrected chi connectivity index (χ1v) is 10.5. The molecule has 1 saturated carbocycles. The summed E-state index contributed by atoms with van der Waals surface area (Å²) in [6.07, 6.45) is 1.56. The van der Waals surface area contributed by atoms with E-state index in [9.17, 15) is 18.0 Å². The first-order valence-electron chi connectivity index (χ1n) is 10.5. The average molecular weight is 438 g/mol. The van der Waals surface area contributed by atoms with Gasteiger partial charge < -0.3 is 10.2 Å². The highest BCUT2D eigenvalue weighted by Gasteiger charge is 2.47. The fourth-order valence-corrected chi connectivity index (χ4v) is 4.86.